The third-order valence-electron chi connectivity index (χ3n) is 3.27. The summed E-state index contributed by atoms with van der Waals surface area (Å²) < 4.78 is 18.9. The number of nitrogen functional groups attached to an aromatic ring is 1. The molecule has 0 saturated heterocycles. The molecule has 0 spiro atoms. The van der Waals surface area contributed by atoms with Gasteiger partial charge in [-0.25, -0.2) is 4.39 Å². The molecule has 1 aromatic heterocycles. The van der Waals surface area contributed by atoms with E-state index in [1.54, 1.807) is 12.1 Å². The van der Waals surface area contributed by atoms with Crippen LogP contribution in [0.3, 0.4) is 0 Å². The van der Waals surface area contributed by atoms with Crippen molar-refractivity contribution in [2.45, 2.75) is 20.3 Å². The number of aromatic nitrogens is 2. The normalized spacial score (nSPS) is 11.2. The van der Waals surface area contributed by atoms with Gasteiger partial charge in [-0.05, 0) is 25.2 Å². The molecule has 108 valence electrons. The first-order valence-corrected chi connectivity index (χ1v) is 6.75. The largest absolute Gasteiger partial charge is 0.398 e. The maximum Gasteiger partial charge on any atom is 0.263 e. The topological polar surface area (TPSA) is 68.2 Å². The van der Waals surface area contributed by atoms with Gasteiger partial charge in [-0.3, -0.25) is 0 Å². The van der Waals surface area contributed by atoms with Crippen molar-refractivity contribution in [2.24, 2.45) is 0 Å². The molecule has 20 heavy (non-hydrogen) atoms. The van der Waals surface area contributed by atoms with E-state index in [4.69, 9.17) is 10.3 Å². The van der Waals surface area contributed by atoms with Gasteiger partial charge < -0.3 is 15.2 Å². The summed E-state index contributed by atoms with van der Waals surface area (Å²) in [6.07, 6.45) is 0.666. The highest BCUT2D eigenvalue weighted by Gasteiger charge is 2.16. The van der Waals surface area contributed by atoms with Crippen LogP contribution in [0.4, 0.5) is 10.1 Å². The van der Waals surface area contributed by atoms with Crippen LogP contribution in [0.2, 0.25) is 0 Å². The van der Waals surface area contributed by atoms with Crippen molar-refractivity contribution in [3.8, 4) is 11.5 Å². The summed E-state index contributed by atoms with van der Waals surface area (Å²) in [6.45, 7) is 7.00. The van der Waals surface area contributed by atoms with E-state index in [9.17, 15) is 4.39 Å². The molecule has 0 atom stereocenters. The van der Waals surface area contributed by atoms with E-state index in [1.165, 1.54) is 6.07 Å². The number of likely N-dealkylation sites (N-methyl/N-ethyl adjacent to an activating group) is 1. The Morgan fingerprint density at radius 2 is 2.05 bits per heavy atom. The summed E-state index contributed by atoms with van der Waals surface area (Å²) in [5, 5.41) is 3.88. The highest BCUT2D eigenvalue weighted by atomic mass is 19.1. The van der Waals surface area contributed by atoms with Crippen LogP contribution in [0.25, 0.3) is 11.5 Å². The Kier molecular flexibility index (Phi) is 4.68. The molecule has 2 rings (SSSR count). The SMILES string of the molecule is CCN(CC)CCc1noc(-c2c(N)cccc2F)n1. The number of benzene rings is 1. The quantitative estimate of drug-likeness (QED) is 0.821. The van der Waals surface area contributed by atoms with Crippen LogP contribution in [-0.2, 0) is 6.42 Å². The van der Waals surface area contributed by atoms with Crippen LogP contribution in [0.1, 0.15) is 19.7 Å². The first-order valence-electron chi connectivity index (χ1n) is 6.75. The molecule has 6 heteroatoms. The van der Waals surface area contributed by atoms with Crippen molar-refractivity contribution in [1.82, 2.24) is 15.0 Å². The van der Waals surface area contributed by atoms with Crippen LogP contribution in [-0.4, -0.2) is 34.7 Å². The lowest BCUT2D eigenvalue weighted by atomic mass is 10.1. The Bertz CT molecular complexity index is 546. The van der Waals surface area contributed by atoms with Crippen LogP contribution >= 0.6 is 0 Å². The summed E-state index contributed by atoms with van der Waals surface area (Å²) in [4.78, 5) is 6.48. The van der Waals surface area contributed by atoms with Crippen molar-refractivity contribution in [2.75, 3.05) is 25.4 Å². The molecule has 1 aromatic carbocycles. The van der Waals surface area contributed by atoms with Gasteiger partial charge in [0.05, 0.1) is 5.56 Å². The first-order chi connectivity index (χ1) is 9.65. The number of rotatable bonds is 6. The molecule has 5 nitrogen and oxygen atoms in total. The van der Waals surface area contributed by atoms with E-state index in [0.717, 1.165) is 19.6 Å². The highest BCUT2D eigenvalue weighted by Crippen LogP contribution is 2.27. The van der Waals surface area contributed by atoms with Gasteiger partial charge >= 0.3 is 0 Å². The molecule has 2 N–H and O–H groups in total. The summed E-state index contributed by atoms with van der Waals surface area (Å²) in [6, 6.07) is 4.48. The molecule has 0 saturated carbocycles. The highest BCUT2D eigenvalue weighted by molar-refractivity contribution is 5.70. The van der Waals surface area contributed by atoms with Crippen LogP contribution < -0.4 is 5.73 Å². The number of hydrogen-bond acceptors (Lipinski definition) is 5. The fourth-order valence-electron chi connectivity index (χ4n) is 2.02. The average Bonchev–Trinajstić information content (AvgIpc) is 2.88. The molecule has 0 radical (unpaired) electrons. The standard InChI is InChI=1S/C14H19FN4O/c1-3-19(4-2)9-8-12-17-14(20-18-12)13-10(15)6-5-7-11(13)16/h5-7H,3-4,8-9,16H2,1-2H3. The fourth-order valence-corrected chi connectivity index (χ4v) is 2.02. The predicted molar refractivity (Wildman–Crippen MR) is 75.6 cm³/mol. The van der Waals surface area contributed by atoms with E-state index in [1.807, 2.05) is 0 Å². The Balaban J connectivity index is 2.13. The first kappa shape index (κ1) is 14.5. The second kappa shape index (κ2) is 6.47. The van der Waals surface area contributed by atoms with Crippen molar-refractivity contribution < 1.29 is 8.91 Å². The summed E-state index contributed by atoms with van der Waals surface area (Å²) >= 11 is 0. The van der Waals surface area contributed by atoms with Crippen molar-refractivity contribution >= 4 is 5.69 Å². The molecule has 0 unspecified atom stereocenters. The molecule has 0 aliphatic rings. The number of nitrogens with zero attached hydrogens (tertiary/aromatic N) is 3. The zero-order valence-electron chi connectivity index (χ0n) is 11.8. The third kappa shape index (κ3) is 3.14. The van der Waals surface area contributed by atoms with Gasteiger partial charge in [-0.1, -0.05) is 25.1 Å². The molecule has 1 heterocycles. The lowest BCUT2D eigenvalue weighted by Gasteiger charge is -2.16. The number of anilines is 1. The second-order valence-electron chi connectivity index (χ2n) is 4.50. The van der Waals surface area contributed by atoms with Gasteiger partial charge in [0.25, 0.3) is 5.89 Å². The minimum Gasteiger partial charge on any atom is -0.398 e. The average molecular weight is 278 g/mol. The summed E-state index contributed by atoms with van der Waals surface area (Å²) in [5.41, 5.74) is 6.22. The van der Waals surface area contributed by atoms with Crippen LogP contribution in [0, 0.1) is 5.82 Å². The molecular formula is C14H19FN4O. The molecule has 0 aliphatic carbocycles. The molecule has 2 aromatic rings. The van der Waals surface area contributed by atoms with E-state index in [-0.39, 0.29) is 11.5 Å². The lowest BCUT2D eigenvalue weighted by molar-refractivity contribution is 0.303. The number of halogens is 1. The van der Waals surface area contributed by atoms with E-state index in [0.29, 0.717) is 17.9 Å². The molecular weight excluding hydrogens is 259 g/mol. The molecule has 0 bridgehead atoms. The third-order valence-corrected chi connectivity index (χ3v) is 3.27. The monoisotopic (exact) mass is 278 g/mol. The van der Waals surface area contributed by atoms with Gasteiger partial charge in [-0.15, -0.1) is 0 Å². The van der Waals surface area contributed by atoms with E-state index >= 15 is 0 Å². The van der Waals surface area contributed by atoms with Gasteiger partial charge in [0.15, 0.2) is 5.82 Å². The molecule has 0 aliphatic heterocycles. The zero-order chi connectivity index (χ0) is 14.5. The number of nitrogens with two attached hydrogens (primary N) is 1. The Labute approximate surface area is 117 Å². The van der Waals surface area contributed by atoms with Crippen LogP contribution in [0.15, 0.2) is 22.7 Å². The van der Waals surface area contributed by atoms with Gasteiger partial charge in [0.2, 0.25) is 0 Å². The predicted octanol–water partition coefficient (Wildman–Crippen LogP) is 2.34. The Hall–Kier alpha value is -1.95. The van der Waals surface area contributed by atoms with Crippen molar-refractivity contribution in [1.29, 1.82) is 0 Å². The van der Waals surface area contributed by atoms with Gasteiger partial charge in [-0.2, -0.15) is 4.98 Å². The lowest BCUT2D eigenvalue weighted by Crippen LogP contribution is -2.25. The summed E-state index contributed by atoms with van der Waals surface area (Å²) in [5.74, 6) is 0.244. The number of hydrogen-bond donors (Lipinski definition) is 1. The molecule has 0 amide bonds. The summed E-state index contributed by atoms with van der Waals surface area (Å²) in [7, 11) is 0. The van der Waals surface area contributed by atoms with Crippen molar-refractivity contribution in [3.05, 3.63) is 29.8 Å². The zero-order valence-corrected chi connectivity index (χ0v) is 11.8. The fraction of sp³-hybridized carbons (Fsp3) is 0.429. The maximum absolute atomic E-state index is 13.8. The minimum absolute atomic E-state index is 0.134. The minimum atomic E-state index is -0.455. The van der Waals surface area contributed by atoms with Gasteiger partial charge in [0.1, 0.15) is 5.82 Å². The smallest absolute Gasteiger partial charge is 0.263 e. The van der Waals surface area contributed by atoms with Gasteiger partial charge in [0, 0.05) is 18.7 Å². The van der Waals surface area contributed by atoms with Crippen molar-refractivity contribution in [3.63, 3.8) is 0 Å². The Morgan fingerprint density at radius 3 is 2.70 bits per heavy atom. The molecule has 0 fully saturated rings. The van der Waals surface area contributed by atoms with Crippen LogP contribution in [0.5, 0.6) is 0 Å². The maximum atomic E-state index is 13.8. The second-order valence-corrected chi connectivity index (χ2v) is 4.50. The Morgan fingerprint density at radius 1 is 1.30 bits per heavy atom. The van der Waals surface area contributed by atoms with E-state index in [2.05, 4.69) is 28.9 Å². The van der Waals surface area contributed by atoms with E-state index < -0.39 is 5.82 Å².